The molecule has 0 heterocycles. The fourth-order valence-corrected chi connectivity index (χ4v) is 4.92. The van der Waals surface area contributed by atoms with Crippen LogP contribution in [0.25, 0.3) is 0 Å². The molecule has 1 fully saturated rings. The Morgan fingerprint density at radius 1 is 1.19 bits per heavy atom. The van der Waals surface area contributed by atoms with Crippen LogP contribution in [-0.4, -0.2) is 14.7 Å². The lowest BCUT2D eigenvalue weighted by Gasteiger charge is -2.15. The summed E-state index contributed by atoms with van der Waals surface area (Å²) < 4.78 is 5.79. The smallest absolute Gasteiger partial charge is 0.0717 e. The summed E-state index contributed by atoms with van der Waals surface area (Å²) in [5, 5.41) is 0. The van der Waals surface area contributed by atoms with Crippen molar-refractivity contribution in [3.63, 3.8) is 0 Å². The molecule has 2 atom stereocenters. The van der Waals surface area contributed by atoms with Gasteiger partial charge in [-0.15, -0.1) is 0 Å². The van der Waals surface area contributed by atoms with Crippen molar-refractivity contribution in [3.05, 3.63) is 35.9 Å². The maximum absolute atomic E-state index is 5.79. The molecule has 0 saturated heterocycles. The van der Waals surface area contributed by atoms with Crippen molar-refractivity contribution in [2.75, 3.05) is 6.61 Å². The Kier molecular flexibility index (Phi) is 3.50. The lowest BCUT2D eigenvalue weighted by atomic mass is 10.2. The molecular weight excluding hydrogens is 212 g/mol. The highest BCUT2D eigenvalue weighted by Gasteiger charge is 2.45. The summed E-state index contributed by atoms with van der Waals surface area (Å²) in [5.41, 5.74) is 2.29. The highest BCUT2D eigenvalue weighted by atomic mass is 28.3. The second-order valence-corrected chi connectivity index (χ2v) is 11.4. The molecule has 1 aliphatic rings. The van der Waals surface area contributed by atoms with Crippen LogP contribution >= 0.6 is 0 Å². The lowest BCUT2D eigenvalue weighted by molar-refractivity contribution is 0.111. The van der Waals surface area contributed by atoms with E-state index in [1.165, 1.54) is 12.0 Å². The van der Waals surface area contributed by atoms with Crippen molar-refractivity contribution in [2.24, 2.45) is 5.92 Å². The maximum Gasteiger partial charge on any atom is 0.0717 e. The van der Waals surface area contributed by atoms with E-state index in [1.807, 2.05) is 6.07 Å². The maximum atomic E-state index is 5.79. The zero-order valence-corrected chi connectivity index (χ0v) is 11.6. The van der Waals surface area contributed by atoms with E-state index in [0.29, 0.717) is 0 Å². The third kappa shape index (κ3) is 3.19. The van der Waals surface area contributed by atoms with Gasteiger partial charge in [0.1, 0.15) is 0 Å². The third-order valence-corrected chi connectivity index (χ3v) is 6.41. The van der Waals surface area contributed by atoms with Gasteiger partial charge in [-0.25, -0.2) is 0 Å². The molecule has 0 bridgehead atoms. The van der Waals surface area contributed by atoms with Crippen molar-refractivity contribution in [1.82, 2.24) is 0 Å². The molecule has 0 aromatic heterocycles. The molecule has 1 nitrogen and oxygen atoms in total. The van der Waals surface area contributed by atoms with Crippen LogP contribution in [0.15, 0.2) is 30.3 Å². The van der Waals surface area contributed by atoms with Crippen LogP contribution in [0.2, 0.25) is 25.2 Å². The predicted octanol–water partition coefficient (Wildman–Crippen LogP) is 3.93. The molecule has 0 N–H and O–H groups in total. The molecule has 1 saturated carbocycles. The first-order chi connectivity index (χ1) is 7.57. The Balaban J connectivity index is 1.68. The lowest BCUT2D eigenvalue weighted by Crippen LogP contribution is -2.21. The molecule has 0 amide bonds. The summed E-state index contributed by atoms with van der Waals surface area (Å²) in [6.07, 6.45) is 1.41. The van der Waals surface area contributed by atoms with Gasteiger partial charge in [-0.3, -0.25) is 0 Å². The Hall–Kier alpha value is -0.603. The summed E-state index contributed by atoms with van der Waals surface area (Å²) in [6, 6.07) is 10.4. The molecule has 1 aromatic carbocycles. The number of benzene rings is 1. The zero-order chi connectivity index (χ0) is 11.6. The third-order valence-electron chi connectivity index (χ3n) is 3.48. The molecule has 1 aliphatic carbocycles. The summed E-state index contributed by atoms with van der Waals surface area (Å²) >= 11 is 0. The van der Waals surface area contributed by atoms with Crippen LogP contribution in [0.1, 0.15) is 12.0 Å². The van der Waals surface area contributed by atoms with Crippen LogP contribution in [-0.2, 0) is 11.3 Å². The summed E-state index contributed by atoms with van der Waals surface area (Å²) in [4.78, 5) is 0. The van der Waals surface area contributed by atoms with E-state index in [-0.39, 0.29) is 0 Å². The molecule has 88 valence electrons. The van der Waals surface area contributed by atoms with E-state index >= 15 is 0 Å². The fourth-order valence-electron chi connectivity index (χ4n) is 2.39. The first-order valence-corrected chi connectivity index (χ1v) is 9.77. The molecule has 16 heavy (non-hydrogen) atoms. The van der Waals surface area contributed by atoms with E-state index in [0.717, 1.165) is 24.7 Å². The van der Waals surface area contributed by atoms with Gasteiger partial charge in [0, 0.05) is 14.7 Å². The van der Waals surface area contributed by atoms with Crippen molar-refractivity contribution in [2.45, 2.75) is 38.2 Å². The summed E-state index contributed by atoms with van der Waals surface area (Å²) in [5.74, 6) is 0.857. The molecule has 0 radical (unpaired) electrons. The Bertz CT molecular complexity index is 328. The number of rotatable bonds is 5. The predicted molar refractivity (Wildman–Crippen MR) is 71.3 cm³/mol. The van der Waals surface area contributed by atoms with Gasteiger partial charge in [0.15, 0.2) is 0 Å². The topological polar surface area (TPSA) is 9.23 Å². The molecule has 1 aromatic rings. The SMILES string of the molecule is C[Si](C)(C)C1CC1COCc1ccccc1. The van der Waals surface area contributed by atoms with Crippen LogP contribution in [0.5, 0.6) is 0 Å². The van der Waals surface area contributed by atoms with Crippen LogP contribution in [0.3, 0.4) is 0 Å². The molecule has 2 unspecified atom stereocenters. The van der Waals surface area contributed by atoms with Gasteiger partial charge in [0.2, 0.25) is 0 Å². The first-order valence-electron chi connectivity index (χ1n) is 6.19. The summed E-state index contributed by atoms with van der Waals surface area (Å²) in [7, 11) is -0.896. The van der Waals surface area contributed by atoms with Gasteiger partial charge in [-0.1, -0.05) is 50.0 Å². The van der Waals surface area contributed by atoms with Crippen molar-refractivity contribution in [1.29, 1.82) is 0 Å². The Morgan fingerprint density at radius 2 is 1.88 bits per heavy atom. The molecule has 0 aliphatic heterocycles. The van der Waals surface area contributed by atoms with Gasteiger partial charge in [0.05, 0.1) is 6.61 Å². The number of hydrogen-bond acceptors (Lipinski definition) is 1. The first kappa shape index (κ1) is 11.9. The quantitative estimate of drug-likeness (QED) is 0.701. The van der Waals surface area contributed by atoms with E-state index in [9.17, 15) is 0 Å². The van der Waals surface area contributed by atoms with Crippen LogP contribution in [0.4, 0.5) is 0 Å². The average Bonchev–Trinajstić information content (AvgIpc) is 2.98. The number of ether oxygens (including phenoxy) is 1. The van der Waals surface area contributed by atoms with Gasteiger partial charge in [-0.05, 0) is 23.4 Å². The standard InChI is InChI=1S/C14H22OSi/c1-16(2,3)14-9-13(14)11-15-10-12-7-5-4-6-8-12/h4-8,13-14H,9-11H2,1-3H3. The highest BCUT2D eigenvalue weighted by Crippen LogP contribution is 2.51. The Morgan fingerprint density at radius 3 is 2.44 bits per heavy atom. The molecule has 2 rings (SSSR count). The highest BCUT2D eigenvalue weighted by molar-refractivity contribution is 6.78. The van der Waals surface area contributed by atoms with E-state index in [2.05, 4.69) is 43.9 Å². The van der Waals surface area contributed by atoms with Crippen molar-refractivity contribution < 1.29 is 4.74 Å². The van der Waals surface area contributed by atoms with E-state index < -0.39 is 8.07 Å². The van der Waals surface area contributed by atoms with Crippen LogP contribution < -0.4 is 0 Å². The van der Waals surface area contributed by atoms with Gasteiger partial charge in [0.25, 0.3) is 0 Å². The monoisotopic (exact) mass is 234 g/mol. The normalized spacial score (nSPS) is 24.4. The molecule has 0 spiro atoms. The second kappa shape index (κ2) is 4.72. The van der Waals surface area contributed by atoms with E-state index in [4.69, 9.17) is 4.74 Å². The van der Waals surface area contributed by atoms with Crippen molar-refractivity contribution >= 4 is 8.07 Å². The van der Waals surface area contributed by atoms with Crippen LogP contribution in [0, 0.1) is 5.92 Å². The second-order valence-electron chi connectivity index (χ2n) is 5.97. The molecule has 2 heteroatoms. The minimum atomic E-state index is -0.896. The minimum Gasteiger partial charge on any atom is -0.376 e. The Labute approximate surface area is 99.8 Å². The van der Waals surface area contributed by atoms with Crippen molar-refractivity contribution in [3.8, 4) is 0 Å². The fraction of sp³-hybridized carbons (Fsp3) is 0.571. The van der Waals surface area contributed by atoms with E-state index in [1.54, 1.807) is 0 Å². The van der Waals surface area contributed by atoms with Gasteiger partial charge >= 0.3 is 0 Å². The average molecular weight is 234 g/mol. The molecular formula is C14H22OSi. The van der Waals surface area contributed by atoms with Gasteiger partial charge in [-0.2, -0.15) is 0 Å². The largest absolute Gasteiger partial charge is 0.376 e. The number of hydrogen-bond donors (Lipinski definition) is 0. The minimum absolute atomic E-state index is 0.774. The summed E-state index contributed by atoms with van der Waals surface area (Å²) in [6.45, 7) is 9.14. The van der Waals surface area contributed by atoms with Gasteiger partial charge < -0.3 is 4.74 Å². The zero-order valence-electron chi connectivity index (χ0n) is 10.6.